The second-order valence-corrected chi connectivity index (χ2v) is 8.91. The molecule has 2 N–H and O–H groups in total. The lowest BCUT2D eigenvalue weighted by molar-refractivity contribution is 0.0714. The van der Waals surface area contributed by atoms with Gasteiger partial charge in [0.05, 0.1) is 30.7 Å². The molecule has 0 unspecified atom stereocenters. The number of carbonyl (C=O) groups excluding carboxylic acids is 1. The van der Waals surface area contributed by atoms with E-state index in [-0.39, 0.29) is 28.8 Å². The van der Waals surface area contributed by atoms with Crippen LogP contribution in [0.15, 0.2) is 41.0 Å². The number of nitrogens with two attached hydrogens (primary N) is 1. The summed E-state index contributed by atoms with van der Waals surface area (Å²) in [4.78, 5) is 36.2. The molecule has 1 aromatic carbocycles. The third-order valence-electron chi connectivity index (χ3n) is 6.61. The number of nitrogens with zero attached hydrogens (tertiary/aromatic N) is 8. The Kier molecular flexibility index (Phi) is 6.23. The van der Waals surface area contributed by atoms with Crippen LogP contribution in [0.25, 0.3) is 17.0 Å². The van der Waals surface area contributed by atoms with Crippen LogP contribution >= 0.6 is 0 Å². The summed E-state index contributed by atoms with van der Waals surface area (Å²) in [5.41, 5.74) is 6.95. The number of rotatable bonds is 5. The van der Waals surface area contributed by atoms with Gasteiger partial charge in [-0.1, -0.05) is 6.07 Å². The first-order valence-corrected chi connectivity index (χ1v) is 12.2. The molecule has 0 spiro atoms. The molecule has 0 atom stereocenters. The minimum Gasteiger partial charge on any atom is -0.459 e. The maximum Gasteiger partial charge on any atom is 0.296 e. The number of aromatic nitrogens is 5. The van der Waals surface area contributed by atoms with Crippen LogP contribution in [-0.2, 0) is 4.74 Å². The van der Waals surface area contributed by atoms with Crippen molar-refractivity contribution < 1.29 is 22.7 Å². The van der Waals surface area contributed by atoms with Gasteiger partial charge in [0.15, 0.2) is 11.6 Å². The molecule has 38 heavy (non-hydrogen) atoms. The SMILES string of the molecule is Nc1cccc2c1nc(C(F)F)n2-c1nc(N2CCOCC2)nc(N2CCN(C(=O)c3ccco3)CC2)n1. The molecular formula is C24H25F2N9O3. The number of nitrogen functional groups attached to an aromatic ring is 1. The van der Waals surface area contributed by atoms with Gasteiger partial charge < -0.3 is 29.6 Å². The molecule has 0 saturated carbocycles. The van der Waals surface area contributed by atoms with Crippen LogP contribution in [0.1, 0.15) is 22.8 Å². The van der Waals surface area contributed by atoms with Crippen molar-refractivity contribution in [2.24, 2.45) is 0 Å². The number of furan rings is 1. The second kappa shape index (κ2) is 9.85. The van der Waals surface area contributed by atoms with E-state index in [4.69, 9.17) is 14.9 Å². The highest BCUT2D eigenvalue weighted by atomic mass is 19.3. The fourth-order valence-electron chi connectivity index (χ4n) is 4.65. The Morgan fingerprint density at radius 2 is 1.55 bits per heavy atom. The molecule has 2 saturated heterocycles. The van der Waals surface area contributed by atoms with Crippen molar-refractivity contribution in [1.82, 2.24) is 29.4 Å². The topological polar surface area (TPSA) is 132 Å². The van der Waals surface area contributed by atoms with Crippen molar-refractivity contribution in [2.45, 2.75) is 6.43 Å². The van der Waals surface area contributed by atoms with E-state index in [1.54, 1.807) is 35.2 Å². The minimum absolute atomic E-state index is 0.0222. The average Bonchev–Trinajstić information content (AvgIpc) is 3.63. The first kappa shape index (κ1) is 24.0. The van der Waals surface area contributed by atoms with Gasteiger partial charge in [0.1, 0.15) is 5.52 Å². The Morgan fingerprint density at radius 3 is 2.21 bits per heavy atom. The van der Waals surface area contributed by atoms with Gasteiger partial charge >= 0.3 is 0 Å². The van der Waals surface area contributed by atoms with Crippen molar-refractivity contribution in [3.8, 4) is 5.95 Å². The van der Waals surface area contributed by atoms with Crippen LogP contribution in [0, 0.1) is 0 Å². The molecule has 2 fully saturated rings. The number of para-hydroxylation sites is 1. The van der Waals surface area contributed by atoms with Gasteiger partial charge in [0.2, 0.25) is 17.8 Å². The van der Waals surface area contributed by atoms with Gasteiger partial charge in [0, 0.05) is 39.3 Å². The first-order valence-electron chi connectivity index (χ1n) is 12.2. The largest absolute Gasteiger partial charge is 0.459 e. The van der Waals surface area contributed by atoms with Crippen LogP contribution in [0.5, 0.6) is 0 Å². The van der Waals surface area contributed by atoms with E-state index in [0.29, 0.717) is 69.9 Å². The molecule has 5 heterocycles. The van der Waals surface area contributed by atoms with Gasteiger partial charge in [-0.15, -0.1) is 0 Å². The lowest BCUT2D eigenvalue weighted by Crippen LogP contribution is -2.49. The summed E-state index contributed by atoms with van der Waals surface area (Å²) in [6.45, 7) is 3.81. The van der Waals surface area contributed by atoms with Crippen molar-refractivity contribution in [1.29, 1.82) is 0 Å². The number of morpholine rings is 1. The van der Waals surface area contributed by atoms with E-state index in [2.05, 4.69) is 19.9 Å². The zero-order valence-corrected chi connectivity index (χ0v) is 20.3. The van der Waals surface area contributed by atoms with Gasteiger partial charge in [0.25, 0.3) is 12.3 Å². The number of hydrogen-bond acceptors (Lipinski definition) is 10. The highest BCUT2D eigenvalue weighted by Gasteiger charge is 2.29. The zero-order valence-electron chi connectivity index (χ0n) is 20.3. The van der Waals surface area contributed by atoms with E-state index < -0.39 is 12.2 Å². The molecule has 0 bridgehead atoms. The molecule has 2 aliphatic heterocycles. The van der Waals surface area contributed by atoms with Crippen molar-refractivity contribution in [3.63, 3.8) is 0 Å². The maximum atomic E-state index is 14.2. The molecule has 0 aliphatic carbocycles. The van der Waals surface area contributed by atoms with E-state index in [9.17, 15) is 13.6 Å². The highest BCUT2D eigenvalue weighted by Crippen LogP contribution is 2.30. The molecule has 198 valence electrons. The van der Waals surface area contributed by atoms with Crippen molar-refractivity contribution >= 4 is 34.5 Å². The first-order chi connectivity index (χ1) is 18.5. The molecule has 4 aromatic rings. The number of alkyl halides is 2. The Morgan fingerprint density at radius 1 is 0.868 bits per heavy atom. The highest BCUT2D eigenvalue weighted by molar-refractivity contribution is 5.91. The lowest BCUT2D eigenvalue weighted by atomic mass is 10.3. The van der Waals surface area contributed by atoms with Crippen LogP contribution in [0.2, 0.25) is 0 Å². The smallest absolute Gasteiger partial charge is 0.296 e. The zero-order chi connectivity index (χ0) is 26.2. The third-order valence-corrected chi connectivity index (χ3v) is 6.61. The van der Waals surface area contributed by atoms with E-state index >= 15 is 0 Å². The number of ether oxygens (including phenoxy) is 1. The number of anilines is 3. The van der Waals surface area contributed by atoms with E-state index in [1.807, 2.05) is 9.80 Å². The molecular weight excluding hydrogens is 500 g/mol. The summed E-state index contributed by atoms with van der Waals surface area (Å²) in [6.07, 6.45) is -1.42. The van der Waals surface area contributed by atoms with Crippen LogP contribution in [-0.4, -0.2) is 87.8 Å². The Balaban J connectivity index is 1.38. The standard InChI is InChI=1S/C24H25F2N9O3/c25-19(26)20-28-18-15(27)3-1-4-16(18)35(20)24-30-22(29-23(31-24)34-10-13-37-14-11-34)33-8-6-32(7-9-33)21(36)17-5-2-12-38-17/h1-5,12,19H,6-11,13-14,27H2. The average molecular weight is 526 g/mol. The van der Waals surface area contributed by atoms with Crippen molar-refractivity contribution in [3.05, 3.63) is 48.2 Å². The van der Waals surface area contributed by atoms with Gasteiger partial charge in [-0.05, 0) is 24.3 Å². The maximum absolute atomic E-state index is 14.2. The van der Waals surface area contributed by atoms with Gasteiger partial charge in [-0.3, -0.25) is 9.36 Å². The molecule has 12 nitrogen and oxygen atoms in total. The molecule has 6 rings (SSSR count). The molecule has 0 radical (unpaired) electrons. The van der Waals surface area contributed by atoms with E-state index in [1.165, 1.54) is 10.8 Å². The summed E-state index contributed by atoms with van der Waals surface area (Å²) >= 11 is 0. The number of piperazine rings is 1. The summed E-state index contributed by atoms with van der Waals surface area (Å²) in [5.74, 6) is 0.289. The minimum atomic E-state index is -2.88. The molecule has 14 heteroatoms. The quantitative estimate of drug-likeness (QED) is 0.387. The Hall–Kier alpha value is -4.33. The summed E-state index contributed by atoms with van der Waals surface area (Å²) in [5, 5.41) is 0. The number of fused-ring (bicyclic) bond motifs is 1. The lowest BCUT2D eigenvalue weighted by Gasteiger charge is -2.35. The number of imidazole rings is 1. The number of halogens is 2. The fourth-order valence-corrected chi connectivity index (χ4v) is 4.65. The Bertz CT molecular complexity index is 1450. The number of amides is 1. The predicted octanol–water partition coefficient (Wildman–Crippen LogP) is 2.12. The molecule has 2 aliphatic rings. The molecule has 3 aromatic heterocycles. The predicted molar refractivity (Wildman–Crippen MR) is 134 cm³/mol. The van der Waals surface area contributed by atoms with Crippen LogP contribution in [0.3, 0.4) is 0 Å². The number of hydrogen-bond donors (Lipinski definition) is 1. The number of carbonyl (C=O) groups is 1. The van der Waals surface area contributed by atoms with Crippen molar-refractivity contribution in [2.75, 3.05) is 68.0 Å². The normalized spacial score (nSPS) is 16.6. The second-order valence-electron chi connectivity index (χ2n) is 8.91. The summed E-state index contributed by atoms with van der Waals surface area (Å²) < 4.78 is 40.2. The van der Waals surface area contributed by atoms with Gasteiger partial charge in [-0.25, -0.2) is 13.8 Å². The monoisotopic (exact) mass is 525 g/mol. The summed E-state index contributed by atoms with van der Waals surface area (Å²) in [7, 11) is 0. The van der Waals surface area contributed by atoms with Gasteiger partial charge in [-0.2, -0.15) is 15.0 Å². The van der Waals surface area contributed by atoms with E-state index in [0.717, 1.165) is 0 Å². The van der Waals surface area contributed by atoms with Crippen LogP contribution < -0.4 is 15.5 Å². The third kappa shape index (κ3) is 4.36. The summed E-state index contributed by atoms with van der Waals surface area (Å²) in [6, 6.07) is 8.23. The van der Waals surface area contributed by atoms with Crippen LogP contribution in [0.4, 0.5) is 26.4 Å². The number of benzene rings is 1. The molecule has 1 amide bonds. The fraction of sp³-hybridized carbons (Fsp3) is 0.375. The Labute approximate surface area is 215 Å².